The van der Waals surface area contributed by atoms with Crippen molar-refractivity contribution in [3.63, 3.8) is 0 Å². The first-order valence-electron chi connectivity index (χ1n) is 9.04. The van der Waals surface area contributed by atoms with Crippen molar-refractivity contribution in [2.75, 3.05) is 6.54 Å². The highest BCUT2D eigenvalue weighted by atomic mass is 16.2. The van der Waals surface area contributed by atoms with Crippen LogP contribution in [-0.4, -0.2) is 18.4 Å². The smallest absolute Gasteiger partial charge is 0.253 e. The first-order valence-corrected chi connectivity index (χ1v) is 9.04. The average Bonchev–Trinajstić information content (AvgIpc) is 2.55. The maximum atomic E-state index is 12.3. The number of rotatable bonds is 8. The fourth-order valence-corrected chi connectivity index (χ4v) is 3.19. The van der Waals surface area contributed by atoms with Crippen molar-refractivity contribution in [3.8, 4) is 0 Å². The Morgan fingerprint density at radius 1 is 1.25 bits per heavy atom. The maximum absolute atomic E-state index is 12.3. The monoisotopic (exact) mass is 328 g/mol. The summed E-state index contributed by atoms with van der Waals surface area (Å²) < 4.78 is 0. The van der Waals surface area contributed by atoms with E-state index in [1.807, 2.05) is 31.2 Å². The Bertz CT molecular complexity index is 703. The minimum absolute atomic E-state index is 0.0967. The number of benzene rings is 1. The zero-order chi connectivity index (χ0) is 17.5. The van der Waals surface area contributed by atoms with Gasteiger partial charge in [-0.1, -0.05) is 44.9 Å². The van der Waals surface area contributed by atoms with Crippen molar-refractivity contribution in [2.24, 2.45) is 16.8 Å². The molecule has 0 aromatic heterocycles. The molecular weight excluding hydrogens is 300 g/mol. The average molecular weight is 328 g/mol. The highest BCUT2D eigenvalue weighted by Crippen LogP contribution is 2.14. The number of nitrogens with one attached hydrogen (secondary N) is 1. The van der Waals surface area contributed by atoms with E-state index in [0.717, 1.165) is 41.8 Å². The van der Waals surface area contributed by atoms with Crippen LogP contribution in [0.25, 0.3) is 6.08 Å². The van der Waals surface area contributed by atoms with E-state index in [2.05, 4.69) is 24.2 Å². The van der Waals surface area contributed by atoms with Crippen molar-refractivity contribution >= 4 is 17.9 Å². The van der Waals surface area contributed by atoms with Crippen molar-refractivity contribution in [1.29, 1.82) is 0 Å². The molecule has 0 aliphatic carbocycles. The second-order valence-electron chi connectivity index (χ2n) is 6.64. The summed E-state index contributed by atoms with van der Waals surface area (Å²) in [5, 5.41) is 4.76. The van der Waals surface area contributed by atoms with E-state index < -0.39 is 0 Å². The van der Waals surface area contributed by atoms with Crippen molar-refractivity contribution in [1.82, 2.24) is 5.32 Å². The van der Waals surface area contributed by atoms with Gasteiger partial charge >= 0.3 is 0 Å². The van der Waals surface area contributed by atoms with Crippen LogP contribution in [0.1, 0.15) is 51.5 Å². The molecule has 1 aromatic carbocycles. The van der Waals surface area contributed by atoms with Gasteiger partial charge in [-0.3, -0.25) is 9.59 Å². The molecule has 1 unspecified atom stereocenters. The molecule has 0 radical (unpaired) electrons. The van der Waals surface area contributed by atoms with Crippen LogP contribution >= 0.6 is 0 Å². The molecule has 2 rings (SSSR count). The minimum Gasteiger partial charge on any atom is -0.356 e. The van der Waals surface area contributed by atoms with Crippen molar-refractivity contribution in [3.05, 3.63) is 34.3 Å². The first kappa shape index (κ1) is 18.4. The summed E-state index contributed by atoms with van der Waals surface area (Å²) in [5.41, 5.74) is 1.10. The molecule has 24 heavy (non-hydrogen) atoms. The largest absolute Gasteiger partial charge is 0.356 e. The number of hydrogen-bond donors (Lipinski definition) is 1. The number of nitrogens with zero attached hydrogens (tertiary/aromatic N) is 1. The molecule has 1 aliphatic heterocycles. The fraction of sp³-hybridized carbons (Fsp3) is 0.550. The molecule has 1 aromatic rings. The Morgan fingerprint density at radius 2 is 1.96 bits per heavy atom. The van der Waals surface area contributed by atoms with Gasteiger partial charge in [0.1, 0.15) is 0 Å². The van der Waals surface area contributed by atoms with Crippen molar-refractivity contribution < 1.29 is 9.59 Å². The molecule has 1 atom stereocenters. The topological polar surface area (TPSA) is 58.5 Å². The van der Waals surface area contributed by atoms with Gasteiger partial charge < -0.3 is 5.32 Å². The third kappa shape index (κ3) is 4.76. The highest BCUT2D eigenvalue weighted by molar-refractivity contribution is 5.86. The summed E-state index contributed by atoms with van der Waals surface area (Å²) in [5.74, 6) is -0.133. The van der Waals surface area contributed by atoms with Gasteiger partial charge in [0.15, 0.2) is 0 Å². The predicted octanol–water partition coefficient (Wildman–Crippen LogP) is 2.27. The summed E-state index contributed by atoms with van der Waals surface area (Å²) >= 11 is 0. The SMILES string of the molecule is CCCC(CCC)C(=O)NCCC1C=c2ccc(C)cc2=NC1=O. The first-order chi connectivity index (χ1) is 11.5. The van der Waals surface area contributed by atoms with E-state index in [9.17, 15) is 9.59 Å². The minimum atomic E-state index is -0.240. The molecule has 0 saturated carbocycles. The van der Waals surface area contributed by atoms with E-state index in [0.29, 0.717) is 13.0 Å². The van der Waals surface area contributed by atoms with E-state index in [1.54, 1.807) is 0 Å². The highest BCUT2D eigenvalue weighted by Gasteiger charge is 2.20. The fourth-order valence-electron chi connectivity index (χ4n) is 3.19. The molecule has 4 nitrogen and oxygen atoms in total. The number of carbonyl (C=O) groups is 2. The third-order valence-electron chi connectivity index (χ3n) is 4.51. The lowest BCUT2D eigenvalue weighted by atomic mass is 9.96. The molecule has 0 spiro atoms. The zero-order valence-electron chi connectivity index (χ0n) is 15.0. The van der Waals surface area contributed by atoms with Gasteiger partial charge in [-0.2, -0.15) is 0 Å². The quantitative estimate of drug-likeness (QED) is 0.796. The molecule has 1 aliphatic rings. The van der Waals surface area contributed by atoms with Crippen LogP contribution in [0.2, 0.25) is 0 Å². The number of amides is 2. The molecule has 0 fully saturated rings. The van der Waals surface area contributed by atoms with Gasteiger partial charge in [-0.25, -0.2) is 4.99 Å². The summed E-state index contributed by atoms with van der Waals surface area (Å²) in [7, 11) is 0. The molecule has 4 heteroatoms. The Labute approximate surface area is 144 Å². The number of carbonyl (C=O) groups excluding carboxylic acids is 2. The molecular formula is C20H28N2O2. The standard InChI is InChI=1S/C20H28N2O2/c1-4-6-15(7-5-2)19(23)21-11-10-17-13-16-9-8-14(3)12-18(16)22-20(17)24/h8-9,12-13,15,17H,4-7,10-11H2,1-3H3,(H,21,23). The molecule has 0 bridgehead atoms. The van der Waals surface area contributed by atoms with Gasteiger partial charge in [0.05, 0.1) is 11.3 Å². The summed E-state index contributed by atoms with van der Waals surface area (Å²) in [6, 6.07) is 5.96. The normalized spacial score (nSPS) is 16.3. The van der Waals surface area contributed by atoms with Crippen LogP contribution in [0.5, 0.6) is 0 Å². The predicted molar refractivity (Wildman–Crippen MR) is 95.9 cm³/mol. The van der Waals surface area contributed by atoms with Crippen LogP contribution < -0.4 is 15.9 Å². The van der Waals surface area contributed by atoms with Crippen LogP contribution in [0, 0.1) is 18.8 Å². The lowest BCUT2D eigenvalue weighted by Gasteiger charge is -2.17. The van der Waals surface area contributed by atoms with Gasteiger partial charge in [-0.05, 0) is 43.0 Å². The number of hydrogen-bond acceptors (Lipinski definition) is 2. The van der Waals surface area contributed by atoms with Gasteiger partial charge in [0, 0.05) is 12.5 Å². The van der Waals surface area contributed by atoms with Crippen LogP contribution in [0.3, 0.4) is 0 Å². The molecule has 130 valence electrons. The Balaban J connectivity index is 1.94. The second kappa shape index (κ2) is 8.76. The lowest BCUT2D eigenvalue weighted by molar-refractivity contribution is -0.126. The Morgan fingerprint density at radius 3 is 2.62 bits per heavy atom. The van der Waals surface area contributed by atoms with Gasteiger partial charge in [-0.15, -0.1) is 0 Å². The van der Waals surface area contributed by atoms with Gasteiger partial charge in [0.25, 0.3) is 5.91 Å². The van der Waals surface area contributed by atoms with Crippen molar-refractivity contribution in [2.45, 2.75) is 52.9 Å². The van der Waals surface area contributed by atoms with E-state index in [-0.39, 0.29) is 23.7 Å². The van der Waals surface area contributed by atoms with Crippen LogP contribution in [0.4, 0.5) is 0 Å². The number of aryl methyl sites for hydroxylation is 1. The number of fused-ring (bicyclic) bond motifs is 1. The zero-order valence-corrected chi connectivity index (χ0v) is 15.0. The summed E-state index contributed by atoms with van der Waals surface area (Å²) in [6.45, 7) is 6.72. The Kier molecular flexibility index (Phi) is 6.71. The van der Waals surface area contributed by atoms with Crippen LogP contribution in [-0.2, 0) is 9.59 Å². The lowest BCUT2D eigenvalue weighted by Crippen LogP contribution is -2.36. The Hall–Kier alpha value is -1.97. The summed E-state index contributed by atoms with van der Waals surface area (Å²) in [4.78, 5) is 28.6. The molecule has 1 heterocycles. The third-order valence-corrected chi connectivity index (χ3v) is 4.51. The van der Waals surface area contributed by atoms with Crippen LogP contribution in [0.15, 0.2) is 23.2 Å². The molecule has 1 N–H and O–H groups in total. The van der Waals surface area contributed by atoms with E-state index >= 15 is 0 Å². The maximum Gasteiger partial charge on any atom is 0.253 e. The summed E-state index contributed by atoms with van der Waals surface area (Å²) in [6.07, 6.45) is 6.47. The molecule has 0 saturated heterocycles. The molecule has 2 amide bonds. The van der Waals surface area contributed by atoms with E-state index in [4.69, 9.17) is 0 Å². The van der Waals surface area contributed by atoms with E-state index in [1.165, 1.54) is 0 Å². The second-order valence-corrected chi connectivity index (χ2v) is 6.64. The van der Waals surface area contributed by atoms with Gasteiger partial charge in [0.2, 0.25) is 5.91 Å².